The van der Waals surface area contributed by atoms with Crippen LogP contribution in [-0.2, 0) is 20.9 Å². The van der Waals surface area contributed by atoms with E-state index in [0.29, 0.717) is 40.8 Å². The van der Waals surface area contributed by atoms with Crippen LogP contribution in [0.5, 0.6) is 11.5 Å². The average molecular weight is 1130 g/mol. The monoisotopic (exact) mass is 1130 g/mol. The summed E-state index contributed by atoms with van der Waals surface area (Å²) in [5.74, 6) is 2.05. The topological polar surface area (TPSA) is 212 Å². The maximum Gasteiger partial charge on any atom is 0.243 e. The van der Waals surface area contributed by atoms with Crippen LogP contribution in [0.1, 0.15) is 113 Å². The third-order valence-electron chi connectivity index (χ3n) is 18.3. The van der Waals surface area contributed by atoms with Crippen molar-refractivity contribution < 1.29 is 33.8 Å². The lowest BCUT2D eigenvalue weighted by molar-refractivity contribution is -0.141. The molecular formula is C63H79N11O7S. The SMILES string of the molecule is Cc1ncsc1-c1ccc([C@H](C)NC(=O)[C@@H]2C[C@@H](O)CN2C(=O)[C@@H](c2cc(N3CCC(CN4CCC(OC5CC(Oc6cccc(CN7C8CCC7CN(c7cc(-c9ccccc9O)nnc7N)C8)c6)C5)CC4)CC3)no2)C(C)C)cc1. The van der Waals surface area contributed by atoms with Crippen molar-refractivity contribution >= 4 is 40.5 Å². The van der Waals surface area contributed by atoms with Gasteiger partial charge in [0.05, 0.1) is 51.8 Å². The Hall–Kier alpha value is -6.64. The van der Waals surface area contributed by atoms with Crippen LogP contribution < -0.4 is 25.6 Å². The van der Waals surface area contributed by atoms with Gasteiger partial charge in [0.1, 0.15) is 29.6 Å². The normalized spacial score (nSPS) is 24.4. The van der Waals surface area contributed by atoms with E-state index < -0.39 is 18.1 Å². The second kappa shape index (κ2) is 24.3. The number of β-amino-alcohol motifs (C(OH)–C–C–N with tert-alkyl or cyclic N) is 1. The summed E-state index contributed by atoms with van der Waals surface area (Å²) < 4.78 is 19.2. The van der Waals surface area contributed by atoms with Crippen LogP contribution in [0.2, 0.25) is 0 Å². The molecule has 434 valence electrons. The lowest BCUT2D eigenvalue weighted by Gasteiger charge is -2.42. The van der Waals surface area contributed by atoms with Gasteiger partial charge in [0.2, 0.25) is 11.8 Å². The number of aliphatic hydroxyl groups excluding tert-OH is 1. The summed E-state index contributed by atoms with van der Waals surface area (Å²) in [5, 5.41) is 37.5. The largest absolute Gasteiger partial charge is 0.507 e. The highest BCUT2D eigenvalue weighted by Gasteiger charge is 2.45. The number of aromatic nitrogens is 4. The van der Waals surface area contributed by atoms with Crippen molar-refractivity contribution in [2.75, 3.05) is 67.9 Å². The first-order valence-corrected chi connectivity index (χ1v) is 30.7. The van der Waals surface area contributed by atoms with E-state index in [2.05, 4.69) is 69.5 Å². The van der Waals surface area contributed by atoms with Gasteiger partial charge in [-0.15, -0.1) is 21.5 Å². The van der Waals surface area contributed by atoms with E-state index in [4.69, 9.17) is 19.7 Å². The summed E-state index contributed by atoms with van der Waals surface area (Å²) in [4.78, 5) is 45.2. The molecule has 2 unspecified atom stereocenters. The van der Waals surface area contributed by atoms with Crippen molar-refractivity contribution in [3.05, 3.63) is 113 Å². The van der Waals surface area contributed by atoms with Gasteiger partial charge in [0, 0.05) is 102 Å². The standard InChI is InChI=1S/C63H79N11O7S/c1-38(2)59(63(78)74-36-47(75)27-55(74)62(77)66-39(3)43-12-14-44(15-13-43)60-40(4)65-37-82-60)57-31-58(69-81-57)71-24-18-41(19-25-71)32-70-22-20-48(21-23-70)79-50-28-51(29-50)80-49-9-7-8-42(26-49)33-73-45-16-17-46(73)35-72(34-45)54-30-53(67-68-61(54)64)52-10-5-6-11-56(52)76/h5-15,26,30-31,37-39,41,45-48,50-51,55,59,75-76H,16-25,27-29,32-36H2,1-4H3,(H2,64,68)(H,66,77)/t39-,45?,46?,47+,50?,51?,55-,59+/m0/s1. The highest BCUT2D eigenvalue weighted by molar-refractivity contribution is 7.13. The van der Waals surface area contributed by atoms with Crippen LogP contribution in [0, 0.1) is 18.8 Å². The minimum absolute atomic E-state index is 0.0872. The Balaban J connectivity index is 0.556. The predicted molar refractivity (Wildman–Crippen MR) is 317 cm³/mol. The van der Waals surface area contributed by atoms with E-state index in [1.54, 1.807) is 28.4 Å². The zero-order valence-electron chi connectivity index (χ0n) is 47.7. The van der Waals surface area contributed by atoms with Crippen LogP contribution in [-0.4, -0.2) is 152 Å². The van der Waals surface area contributed by atoms with Gasteiger partial charge in [-0.2, -0.15) is 0 Å². The van der Waals surface area contributed by atoms with Gasteiger partial charge in [-0.1, -0.05) is 67.5 Å². The summed E-state index contributed by atoms with van der Waals surface area (Å²) in [7, 11) is 0. The first kappa shape index (κ1) is 55.9. The summed E-state index contributed by atoms with van der Waals surface area (Å²) in [6, 6.07) is 27.5. The van der Waals surface area contributed by atoms with Gasteiger partial charge >= 0.3 is 0 Å². The number of ether oxygens (including phenoxy) is 2. The molecule has 82 heavy (non-hydrogen) atoms. The number of nitrogens with one attached hydrogen (secondary N) is 1. The molecule has 1 saturated carbocycles. The molecular weight excluding hydrogens is 1050 g/mol. The number of nitrogens with two attached hydrogens (primary N) is 1. The second-order valence-corrected chi connectivity index (χ2v) is 25.2. The summed E-state index contributed by atoms with van der Waals surface area (Å²) in [6.45, 7) is 15.5. The number of aryl methyl sites for hydroxylation is 1. The molecule has 6 aliphatic rings. The van der Waals surface area contributed by atoms with Crippen molar-refractivity contribution in [1.29, 1.82) is 0 Å². The number of thiazole rings is 1. The number of aromatic hydroxyl groups is 1. The first-order chi connectivity index (χ1) is 39.8. The summed E-state index contributed by atoms with van der Waals surface area (Å²) in [5.41, 5.74) is 14.7. The van der Waals surface area contributed by atoms with Crippen LogP contribution in [0.25, 0.3) is 21.7 Å². The Labute approximate surface area is 485 Å². The maximum atomic E-state index is 14.4. The number of carbonyl (C=O) groups excluding carboxylic acids is 2. The highest BCUT2D eigenvalue weighted by Crippen LogP contribution is 2.40. The predicted octanol–water partition coefficient (Wildman–Crippen LogP) is 8.59. The van der Waals surface area contributed by atoms with Crippen molar-refractivity contribution in [2.24, 2.45) is 11.8 Å². The molecule has 12 rings (SSSR count). The number of aliphatic hydroxyl groups is 1. The smallest absolute Gasteiger partial charge is 0.243 e. The van der Waals surface area contributed by atoms with E-state index in [1.807, 2.05) is 81.7 Å². The number of anilines is 3. The molecule has 2 amide bonds. The Morgan fingerprint density at radius 1 is 0.829 bits per heavy atom. The quantitative estimate of drug-likeness (QED) is 0.0635. The van der Waals surface area contributed by atoms with Crippen molar-refractivity contribution in [3.8, 4) is 33.2 Å². The molecule has 5 aliphatic heterocycles. The number of piperazine rings is 1. The molecule has 8 heterocycles. The van der Waals surface area contributed by atoms with Crippen molar-refractivity contribution in [3.63, 3.8) is 0 Å². The summed E-state index contributed by atoms with van der Waals surface area (Å²) >= 11 is 1.60. The van der Waals surface area contributed by atoms with E-state index in [1.165, 1.54) is 5.56 Å². The van der Waals surface area contributed by atoms with Gasteiger partial charge in [-0.05, 0) is 111 Å². The fraction of sp³-hybridized carbons (Fsp3) is 0.524. The molecule has 18 nitrogen and oxygen atoms in total. The summed E-state index contributed by atoms with van der Waals surface area (Å²) in [6.07, 6.45) is 8.38. The number of phenolic OH excluding ortho intramolecular Hbond substituents is 1. The zero-order valence-corrected chi connectivity index (χ0v) is 48.5. The number of rotatable bonds is 18. The van der Waals surface area contributed by atoms with Crippen molar-refractivity contribution in [2.45, 2.75) is 147 Å². The Morgan fingerprint density at radius 2 is 1.59 bits per heavy atom. The van der Waals surface area contributed by atoms with E-state index in [0.717, 1.165) is 143 Å². The molecule has 6 atom stereocenters. The fourth-order valence-electron chi connectivity index (χ4n) is 13.7. The lowest BCUT2D eigenvalue weighted by Crippen LogP contribution is -2.53. The van der Waals surface area contributed by atoms with Crippen LogP contribution in [0.3, 0.4) is 0 Å². The Kier molecular flexibility index (Phi) is 16.5. The Morgan fingerprint density at radius 3 is 2.30 bits per heavy atom. The number of benzene rings is 3. The van der Waals surface area contributed by atoms with Gasteiger partial charge in [0.15, 0.2) is 17.4 Å². The molecule has 5 N–H and O–H groups in total. The number of amides is 2. The van der Waals surface area contributed by atoms with Gasteiger partial charge in [0.25, 0.3) is 0 Å². The number of para-hydroxylation sites is 1. The first-order valence-electron chi connectivity index (χ1n) is 29.8. The van der Waals surface area contributed by atoms with Crippen LogP contribution >= 0.6 is 11.3 Å². The third-order valence-corrected chi connectivity index (χ3v) is 19.3. The lowest BCUT2D eigenvalue weighted by atomic mass is 9.91. The molecule has 3 aromatic carbocycles. The molecule has 6 fully saturated rings. The highest BCUT2D eigenvalue weighted by atomic mass is 32.1. The molecule has 5 saturated heterocycles. The molecule has 1 aliphatic carbocycles. The molecule has 0 spiro atoms. The van der Waals surface area contributed by atoms with Gasteiger partial charge in [-0.3, -0.25) is 14.5 Å². The number of phenols is 1. The number of carbonyl (C=O) groups is 2. The van der Waals surface area contributed by atoms with Crippen LogP contribution in [0.15, 0.2) is 95.0 Å². The minimum Gasteiger partial charge on any atom is -0.507 e. The van der Waals surface area contributed by atoms with E-state index in [-0.39, 0.29) is 60.8 Å². The number of fused-ring (bicyclic) bond motifs is 2. The molecule has 6 aromatic rings. The molecule has 0 radical (unpaired) electrons. The molecule has 2 bridgehead atoms. The number of piperidine rings is 2. The van der Waals surface area contributed by atoms with E-state index >= 15 is 0 Å². The number of nitrogen functional groups attached to an aromatic ring is 1. The number of hydrogen-bond donors (Lipinski definition) is 4. The number of hydrogen-bond acceptors (Lipinski definition) is 17. The van der Waals surface area contributed by atoms with Crippen molar-refractivity contribution in [1.82, 2.24) is 40.4 Å². The van der Waals surface area contributed by atoms with E-state index in [9.17, 15) is 19.8 Å². The van der Waals surface area contributed by atoms with Gasteiger partial charge < -0.3 is 54.9 Å². The van der Waals surface area contributed by atoms with Crippen LogP contribution in [0.4, 0.5) is 17.3 Å². The average Bonchev–Trinajstić information content (AvgIpc) is 4.44. The number of likely N-dealkylation sites (tertiary alicyclic amines) is 2. The Bertz CT molecular complexity index is 3160. The molecule has 19 heteroatoms. The fourth-order valence-corrected chi connectivity index (χ4v) is 14.5. The second-order valence-electron chi connectivity index (χ2n) is 24.4. The zero-order chi connectivity index (χ0) is 56.6. The van der Waals surface area contributed by atoms with Gasteiger partial charge in [-0.25, -0.2) is 4.98 Å². The number of nitrogens with zero attached hydrogens (tertiary/aromatic N) is 9. The third kappa shape index (κ3) is 12.2. The maximum absolute atomic E-state index is 14.4. The minimum atomic E-state index is -0.800. The molecule has 3 aromatic heterocycles.